The lowest BCUT2D eigenvalue weighted by atomic mass is 10.3. The molecular formula is C7H5NO3. The highest BCUT2D eigenvalue weighted by molar-refractivity contribution is 5.96. The first-order chi connectivity index (χ1) is 5.31. The summed E-state index contributed by atoms with van der Waals surface area (Å²) in [5.41, 5.74) is 0.761. The maximum absolute atomic E-state index is 10.9. The third kappa shape index (κ3) is 0.756. The molecule has 1 aromatic rings. The summed E-state index contributed by atoms with van der Waals surface area (Å²) in [5.74, 6) is 0.241. The van der Waals surface area contributed by atoms with Gasteiger partial charge in [-0.3, -0.25) is 9.59 Å². The van der Waals surface area contributed by atoms with Crippen LogP contribution in [-0.2, 0) is 6.54 Å². The van der Waals surface area contributed by atoms with E-state index in [9.17, 15) is 9.59 Å². The molecule has 4 heteroatoms. The molecule has 0 radical (unpaired) electrons. The number of carbonyl (C=O) groups is 2. The molecule has 1 aliphatic heterocycles. The molecule has 4 nitrogen and oxygen atoms in total. The van der Waals surface area contributed by atoms with Crippen LogP contribution >= 0.6 is 0 Å². The Morgan fingerprint density at radius 3 is 3.09 bits per heavy atom. The average molecular weight is 151 g/mol. The van der Waals surface area contributed by atoms with Crippen molar-refractivity contribution < 1.29 is 14.0 Å². The van der Waals surface area contributed by atoms with Crippen molar-refractivity contribution in [2.24, 2.45) is 0 Å². The molecular weight excluding hydrogens is 146 g/mol. The van der Waals surface area contributed by atoms with Gasteiger partial charge in [-0.05, 0) is 6.07 Å². The Kier molecular flexibility index (Phi) is 1.09. The van der Waals surface area contributed by atoms with Gasteiger partial charge in [-0.25, -0.2) is 0 Å². The van der Waals surface area contributed by atoms with Crippen LogP contribution in [0.25, 0.3) is 0 Å². The standard InChI is InChI=1S/C7H5NO3/c9-3-5-1-4-2-8-7(10)6(4)11-5/h1,3H,2H2,(H,8,10). The van der Waals surface area contributed by atoms with E-state index in [1.165, 1.54) is 0 Å². The van der Waals surface area contributed by atoms with Gasteiger partial charge < -0.3 is 9.73 Å². The number of nitrogens with one attached hydrogen (secondary N) is 1. The highest BCUT2D eigenvalue weighted by atomic mass is 16.4. The largest absolute Gasteiger partial charge is 0.448 e. The van der Waals surface area contributed by atoms with E-state index in [-0.39, 0.29) is 17.4 Å². The van der Waals surface area contributed by atoms with Crippen LogP contribution in [0.15, 0.2) is 10.5 Å². The van der Waals surface area contributed by atoms with E-state index < -0.39 is 0 Å². The molecule has 0 unspecified atom stereocenters. The van der Waals surface area contributed by atoms with E-state index in [2.05, 4.69) is 5.32 Å². The van der Waals surface area contributed by atoms with E-state index in [1.807, 2.05) is 0 Å². The normalized spacial score (nSPS) is 14.4. The highest BCUT2D eigenvalue weighted by Crippen LogP contribution is 2.18. The van der Waals surface area contributed by atoms with E-state index in [1.54, 1.807) is 6.07 Å². The molecule has 0 saturated heterocycles. The fourth-order valence-electron chi connectivity index (χ4n) is 1.09. The van der Waals surface area contributed by atoms with E-state index in [0.29, 0.717) is 12.8 Å². The third-order valence-corrected chi connectivity index (χ3v) is 1.59. The van der Waals surface area contributed by atoms with Gasteiger partial charge in [0.1, 0.15) is 0 Å². The Balaban J connectivity index is 2.54. The lowest BCUT2D eigenvalue weighted by molar-refractivity contribution is 0.0937. The van der Waals surface area contributed by atoms with Crippen molar-refractivity contribution in [3.63, 3.8) is 0 Å². The van der Waals surface area contributed by atoms with Crippen LogP contribution in [0.5, 0.6) is 0 Å². The molecule has 1 amide bonds. The zero-order valence-electron chi connectivity index (χ0n) is 5.59. The lowest BCUT2D eigenvalue weighted by Crippen LogP contribution is -2.12. The molecule has 56 valence electrons. The van der Waals surface area contributed by atoms with Crippen LogP contribution in [0, 0.1) is 0 Å². The minimum absolute atomic E-state index is 0.213. The first kappa shape index (κ1) is 6.15. The maximum atomic E-state index is 10.9. The molecule has 0 saturated carbocycles. The zero-order chi connectivity index (χ0) is 7.84. The van der Waals surface area contributed by atoms with Crippen molar-refractivity contribution in [2.45, 2.75) is 6.54 Å². The van der Waals surface area contributed by atoms with Crippen LogP contribution in [0.3, 0.4) is 0 Å². The SMILES string of the molecule is O=Cc1cc2c(o1)C(=O)NC2. The van der Waals surface area contributed by atoms with Gasteiger partial charge in [0.05, 0.1) is 0 Å². The van der Waals surface area contributed by atoms with Crippen LogP contribution < -0.4 is 5.32 Å². The van der Waals surface area contributed by atoms with E-state index >= 15 is 0 Å². The molecule has 1 aliphatic rings. The predicted octanol–water partition coefficient (Wildman–Crippen LogP) is 0.336. The number of aldehydes is 1. The van der Waals surface area contributed by atoms with Gasteiger partial charge in [0.2, 0.25) is 0 Å². The van der Waals surface area contributed by atoms with Crippen molar-refractivity contribution in [3.05, 3.63) is 23.2 Å². The summed E-state index contributed by atoms with van der Waals surface area (Å²) in [7, 11) is 0. The Labute approximate surface area is 62.2 Å². The molecule has 0 aromatic carbocycles. The Morgan fingerprint density at radius 1 is 1.64 bits per heavy atom. The second-order valence-electron chi connectivity index (χ2n) is 2.30. The minimum atomic E-state index is -0.242. The van der Waals surface area contributed by atoms with Crippen molar-refractivity contribution >= 4 is 12.2 Å². The van der Waals surface area contributed by atoms with Gasteiger partial charge >= 0.3 is 0 Å². The van der Waals surface area contributed by atoms with Gasteiger partial charge in [-0.2, -0.15) is 0 Å². The maximum Gasteiger partial charge on any atom is 0.287 e. The summed E-state index contributed by atoms with van der Waals surface area (Å²) in [6, 6.07) is 1.57. The fraction of sp³-hybridized carbons (Fsp3) is 0.143. The Morgan fingerprint density at radius 2 is 2.45 bits per heavy atom. The van der Waals surface area contributed by atoms with Crippen molar-refractivity contribution in [2.75, 3.05) is 0 Å². The molecule has 0 aliphatic carbocycles. The third-order valence-electron chi connectivity index (χ3n) is 1.59. The number of rotatable bonds is 1. The van der Waals surface area contributed by atoms with Crippen LogP contribution in [0.1, 0.15) is 26.7 Å². The van der Waals surface area contributed by atoms with Crippen LogP contribution in [-0.4, -0.2) is 12.2 Å². The number of hydrogen-bond donors (Lipinski definition) is 1. The molecule has 11 heavy (non-hydrogen) atoms. The van der Waals surface area contributed by atoms with Gasteiger partial charge in [-0.15, -0.1) is 0 Å². The topological polar surface area (TPSA) is 59.3 Å². The van der Waals surface area contributed by atoms with Crippen molar-refractivity contribution in [1.82, 2.24) is 5.32 Å². The van der Waals surface area contributed by atoms with Gasteiger partial charge in [-0.1, -0.05) is 0 Å². The minimum Gasteiger partial charge on any atom is -0.448 e. The van der Waals surface area contributed by atoms with Crippen molar-refractivity contribution in [1.29, 1.82) is 0 Å². The molecule has 0 bridgehead atoms. The molecule has 1 aromatic heterocycles. The second-order valence-corrected chi connectivity index (χ2v) is 2.30. The monoisotopic (exact) mass is 151 g/mol. The van der Waals surface area contributed by atoms with Crippen LogP contribution in [0.4, 0.5) is 0 Å². The van der Waals surface area contributed by atoms with Gasteiger partial charge in [0.25, 0.3) is 5.91 Å². The van der Waals surface area contributed by atoms with E-state index in [4.69, 9.17) is 4.42 Å². The summed E-state index contributed by atoms with van der Waals surface area (Å²) in [6.07, 6.45) is 0.589. The number of fused-ring (bicyclic) bond motifs is 1. The molecule has 0 atom stereocenters. The summed E-state index contributed by atoms with van der Waals surface area (Å²) in [5, 5.41) is 2.57. The highest BCUT2D eigenvalue weighted by Gasteiger charge is 2.23. The van der Waals surface area contributed by atoms with Gasteiger partial charge in [0.15, 0.2) is 17.8 Å². The molecule has 2 rings (SSSR count). The first-order valence-electron chi connectivity index (χ1n) is 3.17. The van der Waals surface area contributed by atoms with Gasteiger partial charge in [0, 0.05) is 12.1 Å². The number of hydrogen-bond acceptors (Lipinski definition) is 3. The number of carbonyl (C=O) groups excluding carboxylic acids is 2. The summed E-state index contributed by atoms with van der Waals surface area (Å²) >= 11 is 0. The smallest absolute Gasteiger partial charge is 0.287 e. The number of amides is 1. The summed E-state index contributed by atoms with van der Waals surface area (Å²) in [6.45, 7) is 0.464. The fourth-order valence-corrected chi connectivity index (χ4v) is 1.09. The Hall–Kier alpha value is -1.58. The number of furan rings is 1. The van der Waals surface area contributed by atoms with Crippen molar-refractivity contribution in [3.8, 4) is 0 Å². The van der Waals surface area contributed by atoms with E-state index in [0.717, 1.165) is 5.56 Å². The average Bonchev–Trinajstić information content (AvgIpc) is 2.53. The zero-order valence-corrected chi connectivity index (χ0v) is 5.59. The molecule has 0 fully saturated rings. The Bertz CT molecular complexity index is 326. The predicted molar refractivity (Wildman–Crippen MR) is 35.3 cm³/mol. The summed E-state index contributed by atoms with van der Waals surface area (Å²) < 4.78 is 4.91. The van der Waals surface area contributed by atoms with Crippen LogP contribution in [0.2, 0.25) is 0 Å². The lowest BCUT2D eigenvalue weighted by Gasteiger charge is -1.86. The second kappa shape index (κ2) is 1.95. The molecule has 1 N–H and O–H groups in total. The summed E-state index contributed by atoms with van der Waals surface area (Å²) in [4.78, 5) is 21.1. The quantitative estimate of drug-likeness (QED) is 0.588. The molecule has 2 heterocycles. The first-order valence-corrected chi connectivity index (χ1v) is 3.17. The molecule has 0 spiro atoms.